The Kier molecular flexibility index (Phi) is 5.47. The highest BCUT2D eigenvalue weighted by atomic mass is 16.5. The molecule has 5 heteroatoms. The first-order valence-electron chi connectivity index (χ1n) is 11.2. The summed E-state index contributed by atoms with van der Waals surface area (Å²) >= 11 is 0. The number of ketones is 1. The van der Waals surface area contributed by atoms with Crippen molar-refractivity contribution in [2.75, 3.05) is 10.6 Å². The number of anilines is 2. The average Bonchev–Trinajstić information content (AvgIpc) is 2.96. The molecule has 33 heavy (non-hydrogen) atoms. The molecule has 5 nitrogen and oxygen atoms in total. The van der Waals surface area contributed by atoms with Crippen molar-refractivity contribution in [3.8, 4) is 5.75 Å². The van der Waals surface area contributed by atoms with E-state index in [2.05, 4.69) is 41.8 Å². The van der Waals surface area contributed by atoms with Crippen LogP contribution in [0.4, 0.5) is 11.4 Å². The van der Waals surface area contributed by atoms with E-state index >= 15 is 0 Å². The van der Waals surface area contributed by atoms with Crippen LogP contribution in [0, 0.1) is 6.92 Å². The third kappa shape index (κ3) is 4.27. The molecule has 5 rings (SSSR count). The normalized spacial score (nSPS) is 19.5. The van der Waals surface area contributed by atoms with Gasteiger partial charge in [0.1, 0.15) is 5.75 Å². The minimum Gasteiger partial charge on any atom is -0.427 e. The summed E-state index contributed by atoms with van der Waals surface area (Å²) in [6.07, 6.45) is 1.24. The summed E-state index contributed by atoms with van der Waals surface area (Å²) in [6.45, 7) is 3.45. The summed E-state index contributed by atoms with van der Waals surface area (Å²) < 4.78 is 5.19. The van der Waals surface area contributed by atoms with Crippen molar-refractivity contribution in [2.45, 2.75) is 38.6 Å². The van der Waals surface area contributed by atoms with Gasteiger partial charge in [-0.05, 0) is 54.7 Å². The lowest BCUT2D eigenvalue weighted by Gasteiger charge is -2.30. The molecule has 2 N–H and O–H groups in total. The number of aryl methyl sites for hydroxylation is 1. The minimum absolute atomic E-state index is 0.140. The SMILES string of the molecule is CC(=O)Oc1ccc(C2Nc3ccccc3NC3=C2C(=O)CC(c2ccc(C)cc2)C3)cc1. The monoisotopic (exact) mass is 438 g/mol. The van der Waals surface area contributed by atoms with E-state index in [1.54, 1.807) is 12.1 Å². The molecule has 3 aromatic carbocycles. The topological polar surface area (TPSA) is 67.4 Å². The number of allylic oxidation sites excluding steroid dienone is 1. The molecule has 2 aliphatic rings. The number of ether oxygens (including phenoxy) is 1. The Bertz CT molecular complexity index is 1240. The van der Waals surface area contributed by atoms with Crippen molar-refractivity contribution in [3.05, 3.63) is 101 Å². The first-order valence-corrected chi connectivity index (χ1v) is 11.2. The predicted octanol–water partition coefficient (Wildman–Crippen LogP) is 5.90. The van der Waals surface area contributed by atoms with Crippen LogP contribution in [0.25, 0.3) is 0 Å². The number of rotatable bonds is 3. The van der Waals surface area contributed by atoms with Gasteiger partial charge in [-0.3, -0.25) is 9.59 Å². The summed E-state index contributed by atoms with van der Waals surface area (Å²) in [5, 5.41) is 7.15. The zero-order valence-corrected chi connectivity index (χ0v) is 18.7. The van der Waals surface area contributed by atoms with Gasteiger partial charge < -0.3 is 15.4 Å². The van der Waals surface area contributed by atoms with Crippen molar-refractivity contribution in [3.63, 3.8) is 0 Å². The van der Waals surface area contributed by atoms with Crippen LogP contribution in [0.15, 0.2) is 84.1 Å². The Morgan fingerprint density at radius 2 is 1.55 bits per heavy atom. The zero-order valence-electron chi connectivity index (χ0n) is 18.7. The average molecular weight is 439 g/mol. The molecule has 0 radical (unpaired) electrons. The second-order valence-corrected chi connectivity index (χ2v) is 8.74. The molecule has 1 aliphatic carbocycles. The Labute approximate surface area is 193 Å². The number of fused-ring (bicyclic) bond motifs is 1. The largest absolute Gasteiger partial charge is 0.427 e. The molecule has 0 saturated carbocycles. The Morgan fingerprint density at radius 3 is 2.24 bits per heavy atom. The fourth-order valence-electron chi connectivity index (χ4n) is 4.71. The number of hydrogen-bond donors (Lipinski definition) is 2. The molecule has 0 aromatic heterocycles. The molecule has 1 aliphatic heterocycles. The molecule has 2 unspecified atom stereocenters. The molecule has 0 bridgehead atoms. The number of para-hydroxylation sites is 2. The van der Waals surface area contributed by atoms with E-state index in [1.807, 2.05) is 36.4 Å². The Balaban J connectivity index is 1.55. The highest BCUT2D eigenvalue weighted by Crippen LogP contribution is 2.44. The fourth-order valence-corrected chi connectivity index (χ4v) is 4.71. The number of benzene rings is 3. The van der Waals surface area contributed by atoms with Crippen LogP contribution in [-0.4, -0.2) is 11.8 Å². The van der Waals surface area contributed by atoms with Crippen LogP contribution in [0.5, 0.6) is 5.75 Å². The van der Waals surface area contributed by atoms with Crippen molar-refractivity contribution >= 4 is 23.1 Å². The van der Waals surface area contributed by atoms with E-state index in [0.29, 0.717) is 12.2 Å². The molecule has 0 amide bonds. The third-order valence-corrected chi connectivity index (χ3v) is 6.33. The number of nitrogens with one attached hydrogen (secondary N) is 2. The van der Waals surface area contributed by atoms with Crippen molar-refractivity contribution in [1.29, 1.82) is 0 Å². The summed E-state index contributed by atoms with van der Waals surface area (Å²) in [6, 6.07) is 23.6. The molecular weight excluding hydrogens is 412 g/mol. The number of carbonyl (C=O) groups excluding carboxylic acids is 2. The van der Waals surface area contributed by atoms with E-state index in [4.69, 9.17) is 4.74 Å². The first kappa shape index (κ1) is 21.0. The Hall–Kier alpha value is -3.86. The van der Waals surface area contributed by atoms with Gasteiger partial charge in [-0.25, -0.2) is 0 Å². The van der Waals surface area contributed by atoms with E-state index in [1.165, 1.54) is 18.1 Å². The molecule has 3 aromatic rings. The number of esters is 1. The van der Waals surface area contributed by atoms with Gasteiger partial charge >= 0.3 is 5.97 Å². The van der Waals surface area contributed by atoms with Crippen molar-refractivity contribution in [2.24, 2.45) is 0 Å². The molecule has 0 fully saturated rings. The number of carbonyl (C=O) groups is 2. The maximum atomic E-state index is 13.6. The van der Waals surface area contributed by atoms with E-state index in [-0.39, 0.29) is 23.7 Å². The number of hydrogen-bond acceptors (Lipinski definition) is 5. The molecule has 2 atom stereocenters. The number of Topliss-reactive ketones (excluding diaryl/α,β-unsaturated/α-hetero) is 1. The quantitative estimate of drug-likeness (QED) is 0.394. The van der Waals surface area contributed by atoms with Gasteiger partial charge in [0.2, 0.25) is 0 Å². The summed E-state index contributed by atoms with van der Waals surface area (Å²) in [4.78, 5) is 24.9. The maximum absolute atomic E-state index is 13.6. The highest BCUT2D eigenvalue weighted by molar-refractivity contribution is 6.01. The van der Waals surface area contributed by atoms with E-state index in [0.717, 1.165) is 34.6 Å². The fraction of sp³-hybridized carbons (Fsp3) is 0.214. The van der Waals surface area contributed by atoms with Gasteiger partial charge in [0.05, 0.1) is 17.4 Å². The second kappa shape index (κ2) is 8.58. The minimum atomic E-state index is -0.358. The van der Waals surface area contributed by atoms with Crippen LogP contribution in [0.3, 0.4) is 0 Å². The lowest BCUT2D eigenvalue weighted by Crippen LogP contribution is -2.26. The smallest absolute Gasteiger partial charge is 0.308 e. The van der Waals surface area contributed by atoms with Gasteiger partial charge in [0, 0.05) is 24.6 Å². The van der Waals surface area contributed by atoms with Gasteiger partial charge in [-0.15, -0.1) is 0 Å². The summed E-state index contributed by atoms with van der Waals surface area (Å²) in [7, 11) is 0. The maximum Gasteiger partial charge on any atom is 0.308 e. The van der Waals surface area contributed by atoms with Gasteiger partial charge in [0.25, 0.3) is 0 Å². The predicted molar refractivity (Wildman–Crippen MR) is 129 cm³/mol. The summed E-state index contributed by atoms with van der Waals surface area (Å²) in [5.41, 5.74) is 6.98. The lowest BCUT2D eigenvalue weighted by atomic mass is 9.78. The standard InChI is InChI=1S/C28H26N2O3/c1-17-7-9-19(10-8-17)21-15-25-27(26(32)16-21)28(30-24-6-4-3-5-23(24)29-25)20-11-13-22(14-12-20)33-18(2)31/h3-14,21,28-30H,15-16H2,1-2H3. The second-order valence-electron chi connectivity index (χ2n) is 8.74. The Morgan fingerprint density at radius 1 is 0.879 bits per heavy atom. The molecule has 166 valence electrons. The molecule has 0 spiro atoms. The molecular formula is C28H26N2O3. The van der Waals surface area contributed by atoms with Crippen LogP contribution < -0.4 is 15.4 Å². The van der Waals surface area contributed by atoms with Crippen molar-refractivity contribution in [1.82, 2.24) is 0 Å². The van der Waals surface area contributed by atoms with Crippen LogP contribution >= 0.6 is 0 Å². The van der Waals surface area contributed by atoms with Gasteiger partial charge in [-0.2, -0.15) is 0 Å². The van der Waals surface area contributed by atoms with Crippen LogP contribution in [-0.2, 0) is 9.59 Å². The first-order chi connectivity index (χ1) is 16.0. The van der Waals surface area contributed by atoms with Crippen molar-refractivity contribution < 1.29 is 14.3 Å². The summed E-state index contributed by atoms with van der Waals surface area (Å²) in [5.74, 6) is 0.412. The van der Waals surface area contributed by atoms with Gasteiger partial charge in [0.15, 0.2) is 5.78 Å². The highest BCUT2D eigenvalue weighted by Gasteiger charge is 2.36. The van der Waals surface area contributed by atoms with E-state index in [9.17, 15) is 9.59 Å². The third-order valence-electron chi connectivity index (χ3n) is 6.33. The van der Waals surface area contributed by atoms with E-state index < -0.39 is 0 Å². The molecule has 0 saturated heterocycles. The van der Waals surface area contributed by atoms with Crippen LogP contribution in [0.1, 0.15) is 48.4 Å². The van der Waals surface area contributed by atoms with Crippen LogP contribution in [0.2, 0.25) is 0 Å². The molecule has 1 heterocycles. The van der Waals surface area contributed by atoms with Gasteiger partial charge in [-0.1, -0.05) is 54.1 Å². The zero-order chi connectivity index (χ0) is 22.9. The lowest BCUT2D eigenvalue weighted by molar-refractivity contribution is -0.131.